The van der Waals surface area contributed by atoms with Crippen LogP contribution in [0.4, 0.5) is 10.1 Å². The first kappa shape index (κ1) is 16.5. The smallest absolute Gasteiger partial charge is 0.282 e. The van der Waals surface area contributed by atoms with Crippen LogP contribution < -0.4 is 5.32 Å². The fraction of sp³-hybridized carbons (Fsp3) is 0.385. The highest BCUT2D eigenvalue weighted by atomic mass is 19.1. The van der Waals surface area contributed by atoms with Gasteiger partial charge in [-0.25, -0.2) is 4.39 Å². The molecule has 21 heavy (non-hydrogen) atoms. The number of likely N-dealkylation sites (N-methyl/N-ethyl adjacent to an activating group) is 1. The number of nitro groups is 1. The van der Waals surface area contributed by atoms with Gasteiger partial charge < -0.3 is 10.2 Å². The molecule has 1 rings (SSSR count). The molecule has 0 aliphatic rings. The maximum Gasteiger partial charge on any atom is 0.282 e. The zero-order valence-electron chi connectivity index (χ0n) is 11.8. The van der Waals surface area contributed by atoms with Crippen molar-refractivity contribution in [2.24, 2.45) is 0 Å². The van der Waals surface area contributed by atoms with E-state index in [-0.39, 0.29) is 18.0 Å². The minimum atomic E-state index is -0.784. The molecule has 0 aliphatic heterocycles. The average molecular weight is 297 g/mol. The van der Waals surface area contributed by atoms with E-state index in [1.165, 1.54) is 7.05 Å². The second kappa shape index (κ2) is 7.32. The highest BCUT2D eigenvalue weighted by Gasteiger charge is 2.24. The third-order valence-electron chi connectivity index (χ3n) is 2.69. The predicted molar refractivity (Wildman–Crippen MR) is 73.3 cm³/mol. The van der Waals surface area contributed by atoms with Crippen molar-refractivity contribution in [2.75, 3.05) is 20.1 Å². The van der Waals surface area contributed by atoms with Crippen LogP contribution in [0.2, 0.25) is 0 Å². The summed E-state index contributed by atoms with van der Waals surface area (Å²) in [6.07, 6.45) is 0.749. The van der Waals surface area contributed by atoms with Crippen LogP contribution in [-0.2, 0) is 4.79 Å². The van der Waals surface area contributed by atoms with Gasteiger partial charge in [-0.2, -0.15) is 0 Å². The zero-order chi connectivity index (χ0) is 16.0. The van der Waals surface area contributed by atoms with E-state index >= 15 is 0 Å². The van der Waals surface area contributed by atoms with E-state index in [4.69, 9.17) is 0 Å². The predicted octanol–water partition coefficient (Wildman–Crippen LogP) is 1.33. The molecule has 0 atom stereocenters. The van der Waals surface area contributed by atoms with E-state index in [1.807, 2.05) is 6.92 Å². The van der Waals surface area contributed by atoms with Crippen LogP contribution in [0.1, 0.15) is 23.7 Å². The van der Waals surface area contributed by atoms with Crippen molar-refractivity contribution < 1.29 is 18.9 Å². The van der Waals surface area contributed by atoms with Crippen LogP contribution in [0.5, 0.6) is 0 Å². The lowest BCUT2D eigenvalue weighted by Crippen LogP contribution is -2.38. The molecule has 0 aromatic heterocycles. The average Bonchev–Trinajstić information content (AvgIpc) is 2.43. The van der Waals surface area contributed by atoms with Gasteiger partial charge in [-0.05, 0) is 18.6 Å². The Morgan fingerprint density at radius 1 is 1.43 bits per heavy atom. The fourth-order valence-corrected chi connectivity index (χ4v) is 1.65. The number of amides is 2. The first-order chi connectivity index (χ1) is 9.86. The van der Waals surface area contributed by atoms with Crippen molar-refractivity contribution in [3.8, 4) is 0 Å². The maximum atomic E-state index is 13.2. The van der Waals surface area contributed by atoms with E-state index in [2.05, 4.69) is 5.32 Å². The molecule has 0 aliphatic carbocycles. The van der Waals surface area contributed by atoms with Crippen LogP contribution in [0, 0.1) is 15.9 Å². The molecule has 0 heterocycles. The summed E-state index contributed by atoms with van der Waals surface area (Å²) < 4.78 is 13.2. The van der Waals surface area contributed by atoms with Gasteiger partial charge in [-0.3, -0.25) is 19.7 Å². The van der Waals surface area contributed by atoms with Gasteiger partial charge in [-0.15, -0.1) is 0 Å². The Labute approximate surface area is 120 Å². The van der Waals surface area contributed by atoms with Crippen LogP contribution in [0.3, 0.4) is 0 Å². The molecular weight excluding hydrogens is 281 g/mol. The Balaban J connectivity index is 2.90. The van der Waals surface area contributed by atoms with Gasteiger partial charge >= 0.3 is 0 Å². The van der Waals surface area contributed by atoms with Gasteiger partial charge in [0.2, 0.25) is 5.91 Å². The molecular formula is C13H16FN3O4. The Morgan fingerprint density at radius 2 is 2.10 bits per heavy atom. The minimum absolute atomic E-state index is 0.257. The van der Waals surface area contributed by atoms with E-state index in [0.717, 1.165) is 29.5 Å². The monoisotopic (exact) mass is 297 g/mol. The molecule has 0 saturated heterocycles. The second-order valence-electron chi connectivity index (χ2n) is 4.43. The summed E-state index contributed by atoms with van der Waals surface area (Å²) >= 11 is 0. The number of hydrogen-bond donors (Lipinski definition) is 1. The number of halogens is 1. The van der Waals surface area contributed by atoms with Gasteiger partial charge in [0, 0.05) is 19.7 Å². The molecule has 114 valence electrons. The third-order valence-corrected chi connectivity index (χ3v) is 2.69. The number of hydrogen-bond acceptors (Lipinski definition) is 4. The van der Waals surface area contributed by atoms with Crippen molar-refractivity contribution in [3.63, 3.8) is 0 Å². The fourth-order valence-electron chi connectivity index (χ4n) is 1.65. The van der Waals surface area contributed by atoms with E-state index in [9.17, 15) is 24.1 Å². The van der Waals surface area contributed by atoms with Gasteiger partial charge in [0.25, 0.3) is 11.6 Å². The molecule has 7 nitrogen and oxygen atoms in total. The topological polar surface area (TPSA) is 92.6 Å². The first-order valence-electron chi connectivity index (χ1n) is 6.33. The first-order valence-corrected chi connectivity index (χ1v) is 6.33. The molecule has 0 fully saturated rings. The maximum absolute atomic E-state index is 13.2. The van der Waals surface area contributed by atoms with Crippen molar-refractivity contribution in [3.05, 3.63) is 39.7 Å². The lowest BCUT2D eigenvalue weighted by molar-refractivity contribution is -0.385. The Morgan fingerprint density at radius 3 is 2.67 bits per heavy atom. The number of nitro benzene ring substituents is 1. The highest BCUT2D eigenvalue weighted by molar-refractivity contribution is 5.99. The standard InChI is InChI=1S/C13H16FN3O4/c1-3-6-15-12(18)8-16(2)13(19)10-7-9(14)4-5-11(10)17(20)21/h4-5,7H,3,6,8H2,1-2H3,(H,15,18). The SMILES string of the molecule is CCCNC(=O)CN(C)C(=O)c1cc(F)ccc1[N+](=O)[O-]. The van der Waals surface area contributed by atoms with Crippen molar-refractivity contribution >= 4 is 17.5 Å². The zero-order valence-corrected chi connectivity index (χ0v) is 11.8. The lowest BCUT2D eigenvalue weighted by atomic mass is 10.1. The van der Waals surface area contributed by atoms with E-state index < -0.39 is 22.3 Å². The normalized spacial score (nSPS) is 10.0. The lowest BCUT2D eigenvalue weighted by Gasteiger charge is -2.16. The molecule has 0 saturated carbocycles. The molecule has 0 bridgehead atoms. The van der Waals surface area contributed by atoms with Gasteiger partial charge in [-0.1, -0.05) is 6.92 Å². The summed E-state index contributed by atoms with van der Waals surface area (Å²) in [6.45, 7) is 2.10. The van der Waals surface area contributed by atoms with Crippen LogP contribution >= 0.6 is 0 Å². The summed E-state index contributed by atoms with van der Waals surface area (Å²) in [5.74, 6) is -1.92. The summed E-state index contributed by atoms with van der Waals surface area (Å²) in [5.41, 5.74) is -0.881. The molecule has 1 aromatic rings. The number of nitrogens with one attached hydrogen (secondary N) is 1. The minimum Gasteiger partial charge on any atom is -0.355 e. The molecule has 2 amide bonds. The summed E-state index contributed by atoms with van der Waals surface area (Å²) in [6, 6.07) is 2.62. The molecule has 0 unspecified atom stereocenters. The number of benzene rings is 1. The van der Waals surface area contributed by atoms with Gasteiger partial charge in [0.05, 0.1) is 11.5 Å². The van der Waals surface area contributed by atoms with Gasteiger partial charge in [0.1, 0.15) is 11.4 Å². The highest BCUT2D eigenvalue weighted by Crippen LogP contribution is 2.20. The molecule has 0 radical (unpaired) electrons. The Bertz CT molecular complexity index is 562. The molecule has 0 spiro atoms. The van der Waals surface area contributed by atoms with Crippen molar-refractivity contribution in [1.29, 1.82) is 0 Å². The number of nitrogens with zero attached hydrogens (tertiary/aromatic N) is 2. The van der Waals surface area contributed by atoms with E-state index in [1.54, 1.807) is 0 Å². The van der Waals surface area contributed by atoms with Crippen molar-refractivity contribution in [1.82, 2.24) is 10.2 Å². The Kier molecular flexibility index (Phi) is 5.77. The quantitative estimate of drug-likeness (QED) is 0.633. The molecule has 1 aromatic carbocycles. The summed E-state index contributed by atoms with van der Waals surface area (Å²) in [7, 11) is 1.32. The Hall–Kier alpha value is -2.51. The summed E-state index contributed by atoms with van der Waals surface area (Å²) in [5, 5.41) is 13.4. The molecule has 8 heteroatoms. The van der Waals surface area contributed by atoms with Crippen LogP contribution in [-0.4, -0.2) is 41.8 Å². The van der Waals surface area contributed by atoms with Gasteiger partial charge in [0.15, 0.2) is 0 Å². The van der Waals surface area contributed by atoms with Crippen molar-refractivity contribution in [2.45, 2.75) is 13.3 Å². The third kappa shape index (κ3) is 4.51. The molecule has 1 N–H and O–H groups in total. The van der Waals surface area contributed by atoms with Crippen LogP contribution in [0.15, 0.2) is 18.2 Å². The second-order valence-corrected chi connectivity index (χ2v) is 4.43. The number of carbonyl (C=O) groups excluding carboxylic acids is 2. The van der Waals surface area contributed by atoms with Crippen LogP contribution in [0.25, 0.3) is 0 Å². The van der Waals surface area contributed by atoms with E-state index in [0.29, 0.717) is 6.54 Å². The number of carbonyl (C=O) groups is 2. The largest absolute Gasteiger partial charge is 0.355 e. The number of rotatable bonds is 6. The summed E-state index contributed by atoms with van der Waals surface area (Å²) in [4.78, 5) is 34.7.